The second kappa shape index (κ2) is 7.30. The second-order valence-corrected chi connectivity index (χ2v) is 9.79. The minimum atomic E-state index is -3.78. The summed E-state index contributed by atoms with van der Waals surface area (Å²) >= 11 is 0. The van der Waals surface area contributed by atoms with Crippen molar-refractivity contribution in [3.63, 3.8) is 0 Å². The molecule has 1 atom stereocenters. The van der Waals surface area contributed by atoms with Gasteiger partial charge in [-0.3, -0.25) is 4.79 Å². The Morgan fingerprint density at radius 3 is 2.65 bits per heavy atom. The Labute approximate surface area is 177 Å². The van der Waals surface area contributed by atoms with Gasteiger partial charge in [0.05, 0.1) is 16.2 Å². The molecule has 2 aromatic carbocycles. The number of nitrogens with zero attached hydrogens (tertiary/aromatic N) is 1. The van der Waals surface area contributed by atoms with Gasteiger partial charge in [-0.2, -0.15) is 4.31 Å². The number of aromatic nitrogens is 2. The van der Waals surface area contributed by atoms with E-state index in [9.17, 15) is 13.2 Å². The number of H-pyrrole nitrogens is 2. The molecule has 0 aliphatic carbocycles. The Bertz CT molecular complexity index is 1470. The summed E-state index contributed by atoms with van der Waals surface area (Å²) in [6, 6.07) is 13.1. The first-order chi connectivity index (χ1) is 14.9. The van der Waals surface area contributed by atoms with Crippen molar-refractivity contribution in [1.82, 2.24) is 19.6 Å². The van der Waals surface area contributed by atoms with Crippen molar-refractivity contribution in [2.75, 3.05) is 20.1 Å². The van der Waals surface area contributed by atoms with Gasteiger partial charge in [0, 0.05) is 36.1 Å². The summed E-state index contributed by atoms with van der Waals surface area (Å²) in [5.74, 6) is -0.655. The van der Waals surface area contributed by atoms with E-state index in [0.717, 1.165) is 18.4 Å². The van der Waals surface area contributed by atoms with Gasteiger partial charge in [-0.05, 0) is 48.7 Å². The number of halogens is 1. The highest BCUT2D eigenvalue weighted by Gasteiger charge is 2.30. The van der Waals surface area contributed by atoms with Gasteiger partial charge < -0.3 is 15.3 Å². The summed E-state index contributed by atoms with van der Waals surface area (Å²) in [4.78, 5) is 18.3. The van der Waals surface area contributed by atoms with Crippen molar-refractivity contribution in [1.29, 1.82) is 0 Å². The fraction of sp³-hybridized carbons (Fsp3) is 0.227. The first-order valence-corrected chi connectivity index (χ1v) is 11.4. The normalized spacial score (nSPS) is 17.2. The van der Waals surface area contributed by atoms with Crippen molar-refractivity contribution in [3.05, 3.63) is 64.7 Å². The van der Waals surface area contributed by atoms with E-state index in [0.29, 0.717) is 17.6 Å². The van der Waals surface area contributed by atoms with Crippen LogP contribution < -0.4 is 10.9 Å². The van der Waals surface area contributed by atoms with E-state index in [1.54, 1.807) is 19.2 Å². The molecule has 3 N–H and O–H groups in total. The van der Waals surface area contributed by atoms with Crippen LogP contribution in [0.1, 0.15) is 6.42 Å². The first-order valence-electron chi connectivity index (χ1n) is 9.98. The molecule has 4 aromatic rings. The van der Waals surface area contributed by atoms with Crippen LogP contribution in [0.25, 0.3) is 33.1 Å². The molecule has 160 valence electrons. The van der Waals surface area contributed by atoms with E-state index in [1.807, 2.05) is 18.2 Å². The van der Waals surface area contributed by atoms with Gasteiger partial charge in [0.2, 0.25) is 10.0 Å². The number of fused-ring (bicyclic) bond motifs is 2. The highest BCUT2D eigenvalue weighted by molar-refractivity contribution is 7.89. The van der Waals surface area contributed by atoms with Gasteiger partial charge in [0.25, 0.3) is 5.56 Å². The number of hydrogen-bond acceptors (Lipinski definition) is 4. The fourth-order valence-corrected chi connectivity index (χ4v) is 5.54. The number of para-hydroxylation sites is 1. The lowest BCUT2D eigenvalue weighted by atomic mass is 10.1. The van der Waals surface area contributed by atoms with E-state index < -0.39 is 21.4 Å². The summed E-state index contributed by atoms with van der Waals surface area (Å²) in [7, 11) is -2.23. The van der Waals surface area contributed by atoms with Gasteiger partial charge in [0.15, 0.2) is 5.82 Å². The van der Waals surface area contributed by atoms with Gasteiger partial charge >= 0.3 is 0 Å². The Kier molecular flexibility index (Phi) is 4.69. The third kappa shape index (κ3) is 3.25. The number of pyridine rings is 1. The maximum atomic E-state index is 15.4. The van der Waals surface area contributed by atoms with E-state index in [2.05, 4.69) is 15.3 Å². The number of aromatic amines is 2. The Morgan fingerprint density at radius 2 is 1.87 bits per heavy atom. The fourth-order valence-electron chi connectivity index (χ4n) is 4.13. The van der Waals surface area contributed by atoms with Crippen LogP contribution >= 0.6 is 0 Å². The van der Waals surface area contributed by atoms with Crippen molar-refractivity contribution in [3.8, 4) is 11.3 Å². The molecule has 2 aromatic heterocycles. The molecule has 0 amide bonds. The molecule has 0 bridgehead atoms. The number of nitrogens with one attached hydrogen (secondary N) is 3. The minimum absolute atomic E-state index is 0.0197. The van der Waals surface area contributed by atoms with E-state index >= 15 is 4.39 Å². The van der Waals surface area contributed by atoms with Gasteiger partial charge in [0.1, 0.15) is 0 Å². The Hall–Kier alpha value is -3.01. The molecule has 1 aliphatic heterocycles. The molecular formula is C22H21FN4O3S. The standard InChI is InChI=1S/C22H21FN4O3S/c1-27(14-8-9-24-12-14)31(29,30)15-6-7-19-16(11-15)20(23)21(25-19)17-10-13-4-2-3-5-18(13)26-22(17)28/h2-7,10-11,14,24-25H,8-9,12H2,1H3,(H,26,28). The molecule has 1 saturated heterocycles. The maximum Gasteiger partial charge on any atom is 0.257 e. The molecule has 1 fully saturated rings. The van der Waals surface area contributed by atoms with Crippen LogP contribution in [-0.2, 0) is 10.0 Å². The summed E-state index contributed by atoms with van der Waals surface area (Å²) in [5, 5.41) is 4.05. The summed E-state index contributed by atoms with van der Waals surface area (Å²) in [6.45, 7) is 1.35. The zero-order valence-corrected chi connectivity index (χ0v) is 17.6. The van der Waals surface area contributed by atoms with Crippen LogP contribution in [0.2, 0.25) is 0 Å². The number of hydrogen-bond donors (Lipinski definition) is 3. The summed E-state index contributed by atoms with van der Waals surface area (Å²) in [6.07, 6.45) is 0.728. The van der Waals surface area contributed by atoms with Crippen LogP contribution in [-0.4, -0.2) is 48.9 Å². The molecule has 5 rings (SSSR count). The largest absolute Gasteiger partial charge is 0.352 e. The molecular weight excluding hydrogens is 419 g/mol. The van der Waals surface area contributed by atoms with Crippen LogP contribution in [0.5, 0.6) is 0 Å². The van der Waals surface area contributed by atoms with Gasteiger partial charge in [-0.25, -0.2) is 12.8 Å². The Morgan fingerprint density at radius 1 is 1.06 bits per heavy atom. The van der Waals surface area contributed by atoms with E-state index in [-0.39, 0.29) is 27.6 Å². The maximum absolute atomic E-state index is 15.4. The van der Waals surface area contributed by atoms with E-state index in [4.69, 9.17) is 0 Å². The highest BCUT2D eigenvalue weighted by Crippen LogP contribution is 2.31. The van der Waals surface area contributed by atoms with Crippen molar-refractivity contribution in [2.24, 2.45) is 0 Å². The molecule has 0 spiro atoms. The monoisotopic (exact) mass is 440 g/mol. The second-order valence-electron chi connectivity index (χ2n) is 7.79. The van der Waals surface area contributed by atoms with Crippen LogP contribution in [0.3, 0.4) is 0 Å². The Balaban J connectivity index is 1.61. The third-order valence-corrected chi connectivity index (χ3v) is 7.86. The average Bonchev–Trinajstić information content (AvgIpc) is 3.41. The van der Waals surface area contributed by atoms with Crippen LogP contribution in [0.15, 0.2) is 58.2 Å². The molecule has 9 heteroatoms. The molecule has 1 aliphatic rings. The zero-order chi connectivity index (χ0) is 21.8. The van der Waals surface area contributed by atoms with Crippen LogP contribution in [0, 0.1) is 5.82 Å². The molecule has 1 unspecified atom stereocenters. The quantitative estimate of drug-likeness (QED) is 0.455. The molecule has 0 radical (unpaired) electrons. The van der Waals surface area contributed by atoms with Gasteiger partial charge in [-0.15, -0.1) is 0 Å². The topological polar surface area (TPSA) is 98.1 Å². The zero-order valence-electron chi connectivity index (χ0n) is 16.8. The first kappa shape index (κ1) is 19.9. The van der Waals surface area contributed by atoms with Crippen molar-refractivity contribution >= 4 is 31.8 Å². The number of sulfonamides is 1. The lowest BCUT2D eigenvalue weighted by Gasteiger charge is -2.23. The third-order valence-electron chi connectivity index (χ3n) is 5.95. The lowest BCUT2D eigenvalue weighted by molar-refractivity contribution is 0.388. The van der Waals surface area contributed by atoms with Crippen molar-refractivity contribution < 1.29 is 12.8 Å². The molecule has 7 nitrogen and oxygen atoms in total. The smallest absolute Gasteiger partial charge is 0.257 e. The van der Waals surface area contributed by atoms with Gasteiger partial charge in [-0.1, -0.05) is 18.2 Å². The van der Waals surface area contributed by atoms with E-state index in [1.165, 1.54) is 22.5 Å². The highest BCUT2D eigenvalue weighted by atomic mass is 32.2. The van der Waals surface area contributed by atoms with Crippen molar-refractivity contribution in [2.45, 2.75) is 17.4 Å². The minimum Gasteiger partial charge on any atom is -0.352 e. The molecule has 3 heterocycles. The summed E-state index contributed by atoms with van der Waals surface area (Å²) in [5.41, 5.74) is 0.844. The molecule has 31 heavy (non-hydrogen) atoms. The predicted octanol–water partition coefficient (Wildman–Crippen LogP) is 2.80. The number of rotatable bonds is 4. The predicted molar refractivity (Wildman–Crippen MR) is 118 cm³/mol. The molecule has 0 saturated carbocycles. The number of likely N-dealkylation sites (N-methyl/N-ethyl adjacent to an activating group) is 1. The summed E-state index contributed by atoms with van der Waals surface area (Å²) < 4.78 is 42.8. The number of benzene rings is 2. The van der Waals surface area contributed by atoms with Crippen LogP contribution in [0.4, 0.5) is 4.39 Å². The SMILES string of the molecule is CN(C1CCNC1)S(=O)(=O)c1ccc2[nH]c(-c3cc4ccccc4[nH]c3=O)c(F)c2c1. The average molecular weight is 441 g/mol. The lowest BCUT2D eigenvalue weighted by Crippen LogP contribution is -2.38.